The Morgan fingerprint density at radius 2 is 1.97 bits per heavy atom. The van der Waals surface area contributed by atoms with Crippen LogP contribution in [0, 0.1) is 12.8 Å². The van der Waals surface area contributed by atoms with E-state index < -0.39 is 17.5 Å². The maximum Gasteiger partial charge on any atom is 0.336 e. The maximum absolute atomic E-state index is 13.2. The average Bonchev–Trinajstić information content (AvgIpc) is 2.84. The topological polar surface area (TPSA) is 93.9 Å². The SMILES string of the molecule is CCOC(=O)[C@H]1CCCN(C(=O)C(C=O)c2ccc3c(-c4ccccc4C)cc(=O)oc3c2)C1. The first-order chi connectivity index (χ1) is 16.4. The zero-order chi connectivity index (χ0) is 24.2. The third kappa shape index (κ3) is 4.64. The second-order valence-electron chi connectivity index (χ2n) is 8.54. The number of hydrogen-bond donors (Lipinski definition) is 0. The van der Waals surface area contributed by atoms with Crippen LogP contribution in [-0.2, 0) is 19.1 Å². The number of amides is 1. The highest BCUT2D eigenvalue weighted by atomic mass is 16.5. The number of ether oxygens (including phenoxy) is 1. The highest BCUT2D eigenvalue weighted by Gasteiger charge is 2.33. The Morgan fingerprint density at radius 1 is 1.18 bits per heavy atom. The molecule has 1 amide bonds. The van der Waals surface area contributed by atoms with Gasteiger partial charge in [0.15, 0.2) is 0 Å². The molecule has 1 aliphatic heterocycles. The predicted octanol–water partition coefficient (Wildman–Crippen LogP) is 3.85. The Kier molecular flexibility index (Phi) is 6.91. The highest BCUT2D eigenvalue weighted by Crippen LogP contribution is 2.32. The summed E-state index contributed by atoms with van der Waals surface area (Å²) in [4.78, 5) is 51.3. The number of hydrogen-bond acceptors (Lipinski definition) is 6. The van der Waals surface area contributed by atoms with Crippen LogP contribution in [0.15, 0.2) is 57.7 Å². The van der Waals surface area contributed by atoms with Crippen molar-refractivity contribution in [3.8, 4) is 11.1 Å². The molecule has 1 aromatic heterocycles. The first kappa shape index (κ1) is 23.4. The van der Waals surface area contributed by atoms with Gasteiger partial charge < -0.3 is 18.8 Å². The molecule has 1 fully saturated rings. The molecule has 176 valence electrons. The van der Waals surface area contributed by atoms with Gasteiger partial charge >= 0.3 is 11.6 Å². The fourth-order valence-electron chi connectivity index (χ4n) is 4.58. The van der Waals surface area contributed by atoms with E-state index in [1.54, 1.807) is 30.0 Å². The van der Waals surface area contributed by atoms with Crippen LogP contribution in [0.3, 0.4) is 0 Å². The predicted molar refractivity (Wildman–Crippen MR) is 127 cm³/mol. The molecule has 1 saturated heterocycles. The second kappa shape index (κ2) is 10.0. The number of aldehydes is 1. The number of carbonyl (C=O) groups excluding carboxylic acids is 3. The van der Waals surface area contributed by atoms with Crippen molar-refractivity contribution in [1.29, 1.82) is 0 Å². The Balaban J connectivity index is 1.66. The van der Waals surface area contributed by atoms with E-state index in [2.05, 4.69) is 0 Å². The summed E-state index contributed by atoms with van der Waals surface area (Å²) in [7, 11) is 0. The molecule has 7 nitrogen and oxygen atoms in total. The lowest BCUT2D eigenvalue weighted by atomic mass is 9.92. The van der Waals surface area contributed by atoms with Gasteiger partial charge in [-0.1, -0.05) is 36.4 Å². The van der Waals surface area contributed by atoms with Gasteiger partial charge in [-0.25, -0.2) is 4.79 Å². The first-order valence-electron chi connectivity index (χ1n) is 11.5. The molecular weight excluding hydrogens is 434 g/mol. The summed E-state index contributed by atoms with van der Waals surface area (Å²) in [5, 5.41) is 0.718. The van der Waals surface area contributed by atoms with Crippen LogP contribution in [0.25, 0.3) is 22.1 Å². The molecule has 4 rings (SSSR count). The Labute approximate surface area is 197 Å². The molecule has 2 atom stereocenters. The van der Waals surface area contributed by atoms with Crippen molar-refractivity contribution in [2.45, 2.75) is 32.6 Å². The van der Waals surface area contributed by atoms with Gasteiger partial charge in [0.05, 0.1) is 12.5 Å². The summed E-state index contributed by atoms with van der Waals surface area (Å²) >= 11 is 0. The van der Waals surface area contributed by atoms with Gasteiger partial charge in [0.2, 0.25) is 5.91 Å². The summed E-state index contributed by atoms with van der Waals surface area (Å²) in [5.74, 6) is -2.14. The quantitative estimate of drug-likeness (QED) is 0.240. The number of nitrogens with zero attached hydrogens (tertiary/aromatic N) is 1. The van der Waals surface area contributed by atoms with Crippen LogP contribution in [0.5, 0.6) is 0 Å². The van der Waals surface area contributed by atoms with Gasteiger partial charge in [0, 0.05) is 30.1 Å². The smallest absolute Gasteiger partial charge is 0.336 e. The molecule has 0 radical (unpaired) electrons. The summed E-state index contributed by atoms with van der Waals surface area (Å²) in [6.45, 7) is 4.69. The number of aryl methyl sites for hydroxylation is 1. The molecule has 1 unspecified atom stereocenters. The second-order valence-corrected chi connectivity index (χ2v) is 8.54. The van der Waals surface area contributed by atoms with E-state index >= 15 is 0 Å². The number of rotatable bonds is 6. The molecule has 0 N–H and O–H groups in total. The molecule has 0 spiro atoms. The van der Waals surface area contributed by atoms with Gasteiger partial charge in [0.25, 0.3) is 0 Å². The fraction of sp³-hybridized carbons (Fsp3) is 0.333. The van der Waals surface area contributed by atoms with Crippen molar-refractivity contribution in [1.82, 2.24) is 4.90 Å². The van der Waals surface area contributed by atoms with Crippen molar-refractivity contribution in [2.24, 2.45) is 5.92 Å². The zero-order valence-corrected chi connectivity index (χ0v) is 19.3. The molecule has 0 saturated carbocycles. The van der Waals surface area contributed by atoms with Crippen LogP contribution in [0.2, 0.25) is 0 Å². The van der Waals surface area contributed by atoms with E-state index in [0.29, 0.717) is 36.8 Å². The van der Waals surface area contributed by atoms with Gasteiger partial charge in [-0.3, -0.25) is 9.59 Å². The number of carbonyl (C=O) groups is 3. The minimum Gasteiger partial charge on any atom is -0.466 e. The van der Waals surface area contributed by atoms with Crippen molar-refractivity contribution in [2.75, 3.05) is 19.7 Å². The maximum atomic E-state index is 13.2. The Bertz CT molecular complexity index is 1290. The number of esters is 1. The summed E-state index contributed by atoms with van der Waals surface area (Å²) in [5.41, 5.74) is 2.90. The monoisotopic (exact) mass is 461 g/mol. The molecule has 2 heterocycles. The molecule has 0 aliphatic carbocycles. The summed E-state index contributed by atoms with van der Waals surface area (Å²) < 4.78 is 10.5. The molecular formula is C27H27NO6. The normalized spacial score (nSPS) is 16.8. The van der Waals surface area contributed by atoms with Crippen molar-refractivity contribution < 1.29 is 23.5 Å². The largest absolute Gasteiger partial charge is 0.466 e. The Hall–Kier alpha value is -3.74. The van der Waals surface area contributed by atoms with E-state index in [9.17, 15) is 19.2 Å². The van der Waals surface area contributed by atoms with Crippen LogP contribution in [0.4, 0.5) is 0 Å². The third-order valence-electron chi connectivity index (χ3n) is 6.32. The average molecular weight is 462 g/mol. The van der Waals surface area contributed by atoms with Crippen molar-refractivity contribution in [3.63, 3.8) is 0 Å². The van der Waals surface area contributed by atoms with Crippen LogP contribution in [-0.4, -0.2) is 42.8 Å². The van der Waals surface area contributed by atoms with Gasteiger partial charge in [-0.2, -0.15) is 0 Å². The lowest BCUT2D eigenvalue weighted by Gasteiger charge is -2.33. The third-order valence-corrected chi connectivity index (χ3v) is 6.32. The van der Waals surface area contributed by atoms with E-state index in [4.69, 9.17) is 9.15 Å². The van der Waals surface area contributed by atoms with Gasteiger partial charge in [-0.15, -0.1) is 0 Å². The minimum absolute atomic E-state index is 0.224. The molecule has 2 aromatic carbocycles. The molecule has 7 heteroatoms. The number of benzene rings is 2. The van der Waals surface area contributed by atoms with Crippen LogP contribution < -0.4 is 5.63 Å². The summed E-state index contributed by atoms with van der Waals surface area (Å²) in [6.07, 6.45) is 1.91. The Morgan fingerprint density at radius 3 is 2.71 bits per heavy atom. The standard InChI is InChI=1S/C27H27NO6/c1-3-33-27(32)19-8-6-12-28(15-19)26(31)23(16-29)18-10-11-21-22(14-25(30)34-24(21)13-18)20-9-5-4-7-17(20)2/h4-5,7,9-11,13-14,16,19,23H,3,6,8,12,15H2,1-2H3/t19-,23?/m0/s1. The van der Waals surface area contributed by atoms with Crippen molar-refractivity contribution in [3.05, 3.63) is 70.1 Å². The first-order valence-corrected chi connectivity index (χ1v) is 11.5. The van der Waals surface area contributed by atoms with Gasteiger partial charge in [-0.05, 0) is 49.4 Å². The number of piperidine rings is 1. The van der Waals surface area contributed by atoms with E-state index in [0.717, 1.165) is 22.1 Å². The van der Waals surface area contributed by atoms with E-state index in [-0.39, 0.29) is 25.0 Å². The van der Waals surface area contributed by atoms with Crippen LogP contribution in [0.1, 0.15) is 36.8 Å². The lowest BCUT2D eigenvalue weighted by molar-refractivity contribution is -0.151. The lowest BCUT2D eigenvalue weighted by Crippen LogP contribution is -2.45. The molecule has 3 aromatic rings. The molecule has 1 aliphatic rings. The number of fused-ring (bicyclic) bond motifs is 1. The highest BCUT2D eigenvalue weighted by molar-refractivity contribution is 6.00. The van der Waals surface area contributed by atoms with Crippen molar-refractivity contribution >= 4 is 29.1 Å². The molecule has 34 heavy (non-hydrogen) atoms. The van der Waals surface area contributed by atoms with Crippen LogP contribution >= 0.6 is 0 Å². The zero-order valence-electron chi connectivity index (χ0n) is 19.3. The van der Waals surface area contributed by atoms with Gasteiger partial charge in [0.1, 0.15) is 17.8 Å². The number of likely N-dealkylation sites (tertiary alicyclic amines) is 1. The van der Waals surface area contributed by atoms with E-state index in [1.807, 2.05) is 31.2 Å². The molecule has 0 bridgehead atoms. The minimum atomic E-state index is -1.06. The fourth-order valence-corrected chi connectivity index (χ4v) is 4.58. The van der Waals surface area contributed by atoms with E-state index in [1.165, 1.54) is 6.07 Å². The summed E-state index contributed by atoms with van der Waals surface area (Å²) in [6, 6.07) is 14.3.